The molecule has 16 nitrogen and oxygen atoms in total. The molecule has 1 saturated heterocycles. The number of hydrogen-bond donors (Lipinski definition) is 9. The van der Waals surface area contributed by atoms with Gasteiger partial charge in [0, 0.05) is 13.0 Å². The number of nitrogens with zero attached hydrogens (tertiary/aromatic N) is 1. The predicted molar refractivity (Wildman–Crippen MR) is 125 cm³/mol. The topological polar surface area (TPSA) is 281 Å². The summed E-state index contributed by atoms with van der Waals surface area (Å²) in [4.78, 5) is 75.7. The first-order chi connectivity index (χ1) is 16.9. The van der Waals surface area contributed by atoms with Gasteiger partial charge >= 0.3 is 11.9 Å². The van der Waals surface area contributed by atoms with Crippen molar-refractivity contribution in [2.24, 2.45) is 22.2 Å². The lowest BCUT2D eigenvalue weighted by Gasteiger charge is -2.24. The lowest BCUT2D eigenvalue weighted by Crippen LogP contribution is -2.57. The molecule has 0 aromatic carbocycles. The van der Waals surface area contributed by atoms with E-state index in [9.17, 15) is 33.9 Å². The normalized spacial score (nSPS) is 17.2. The van der Waals surface area contributed by atoms with Gasteiger partial charge in [0.1, 0.15) is 18.1 Å². The Morgan fingerprint density at radius 1 is 0.917 bits per heavy atom. The molecule has 4 atom stereocenters. The third-order valence-electron chi connectivity index (χ3n) is 5.25. The second kappa shape index (κ2) is 15.1. The maximum absolute atomic E-state index is 12.9. The highest BCUT2D eigenvalue weighted by Gasteiger charge is 2.32. The van der Waals surface area contributed by atoms with Crippen LogP contribution in [0, 0.1) is 0 Å². The molecule has 1 aliphatic heterocycles. The highest BCUT2D eigenvalue weighted by atomic mass is 16.4. The minimum atomic E-state index is -1.53. The van der Waals surface area contributed by atoms with Crippen molar-refractivity contribution in [3.8, 4) is 0 Å². The first kappa shape index (κ1) is 30.1. The number of rotatable bonds is 16. The average molecular weight is 515 g/mol. The van der Waals surface area contributed by atoms with Crippen LogP contribution in [0.25, 0.3) is 0 Å². The summed E-state index contributed by atoms with van der Waals surface area (Å²) in [6.45, 7) is 0.716. The molecule has 0 aromatic heterocycles. The Balaban J connectivity index is 2.98. The molecule has 202 valence electrons. The number of hydrogen-bond acceptors (Lipinski definition) is 8. The van der Waals surface area contributed by atoms with Crippen molar-refractivity contribution < 1.29 is 39.0 Å². The molecule has 0 saturated carbocycles. The van der Waals surface area contributed by atoms with Crippen LogP contribution in [0.4, 0.5) is 0 Å². The molecule has 12 N–H and O–H groups in total. The zero-order chi connectivity index (χ0) is 27.3. The SMILES string of the molecule is NC(=O)CC(NC(=O)C1CCCN1)C(=O)NC(CCCN=C(N)N)C(=O)NC(CCC(=O)O)C(=O)O. The lowest BCUT2D eigenvalue weighted by atomic mass is 10.1. The molecule has 0 bridgehead atoms. The molecule has 1 heterocycles. The molecule has 1 rings (SSSR count). The third kappa shape index (κ3) is 11.5. The minimum absolute atomic E-state index is 0.0406. The van der Waals surface area contributed by atoms with Crippen LogP contribution < -0.4 is 38.5 Å². The number of carbonyl (C=O) groups is 6. The Morgan fingerprint density at radius 2 is 1.56 bits per heavy atom. The van der Waals surface area contributed by atoms with Crippen LogP contribution in [0.1, 0.15) is 44.9 Å². The van der Waals surface area contributed by atoms with Gasteiger partial charge in [-0.2, -0.15) is 0 Å². The maximum Gasteiger partial charge on any atom is 0.326 e. The Kier molecular flexibility index (Phi) is 12.6. The summed E-state index contributed by atoms with van der Waals surface area (Å²) < 4.78 is 0. The van der Waals surface area contributed by atoms with Crippen molar-refractivity contribution in [3.63, 3.8) is 0 Å². The van der Waals surface area contributed by atoms with Crippen LogP contribution >= 0.6 is 0 Å². The second-order valence-corrected chi connectivity index (χ2v) is 8.22. The van der Waals surface area contributed by atoms with E-state index >= 15 is 0 Å². The van der Waals surface area contributed by atoms with Crippen LogP contribution in [0.15, 0.2) is 4.99 Å². The highest BCUT2D eigenvalue weighted by molar-refractivity contribution is 5.96. The molecule has 36 heavy (non-hydrogen) atoms. The van der Waals surface area contributed by atoms with E-state index in [-0.39, 0.29) is 31.8 Å². The Hall–Kier alpha value is -3.95. The number of primary amides is 1. The summed E-state index contributed by atoms with van der Waals surface area (Å²) in [5.74, 6) is -6.08. The summed E-state index contributed by atoms with van der Waals surface area (Å²) >= 11 is 0. The molecular weight excluding hydrogens is 480 g/mol. The van der Waals surface area contributed by atoms with Crippen molar-refractivity contribution in [1.29, 1.82) is 0 Å². The predicted octanol–water partition coefficient (Wildman–Crippen LogP) is -3.93. The maximum atomic E-state index is 12.9. The van der Waals surface area contributed by atoms with Gasteiger partial charge in [0.25, 0.3) is 0 Å². The molecule has 0 aliphatic carbocycles. The molecule has 16 heteroatoms. The van der Waals surface area contributed by atoms with Crippen molar-refractivity contribution in [1.82, 2.24) is 21.3 Å². The zero-order valence-corrected chi connectivity index (χ0v) is 19.7. The first-order valence-electron chi connectivity index (χ1n) is 11.3. The highest BCUT2D eigenvalue weighted by Crippen LogP contribution is 2.07. The minimum Gasteiger partial charge on any atom is -0.481 e. The van der Waals surface area contributed by atoms with E-state index in [4.69, 9.17) is 22.3 Å². The van der Waals surface area contributed by atoms with Gasteiger partial charge < -0.3 is 48.7 Å². The number of carboxylic acids is 2. The van der Waals surface area contributed by atoms with Gasteiger partial charge in [-0.1, -0.05) is 0 Å². The van der Waals surface area contributed by atoms with Gasteiger partial charge in [0.05, 0.1) is 12.5 Å². The number of guanidine groups is 1. The van der Waals surface area contributed by atoms with Gasteiger partial charge in [-0.15, -0.1) is 0 Å². The quantitative estimate of drug-likeness (QED) is 0.0544. The molecule has 0 radical (unpaired) electrons. The van der Waals surface area contributed by atoms with Crippen LogP contribution in [0.2, 0.25) is 0 Å². The number of carbonyl (C=O) groups excluding carboxylic acids is 4. The number of amides is 4. The van der Waals surface area contributed by atoms with E-state index in [0.717, 1.165) is 6.42 Å². The summed E-state index contributed by atoms with van der Waals surface area (Å²) in [7, 11) is 0. The standard InChI is InChI=1S/C20H34N8O8/c21-14(29)9-13(28-16(32)10-3-1-7-24-10)18(34)26-11(4-2-8-25-20(22)23)17(33)27-12(19(35)36)5-6-15(30)31/h10-13,24H,1-9H2,(H2,21,29)(H,26,34)(H,27,33)(H,28,32)(H,30,31)(H,35,36)(H4,22,23,25). The van der Waals surface area contributed by atoms with E-state index in [1.165, 1.54) is 0 Å². The molecule has 1 aliphatic rings. The van der Waals surface area contributed by atoms with Crippen molar-refractivity contribution in [2.45, 2.75) is 69.1 Å². The van der Waals surface area contributed by atoms with E-state index < -0.39 is 72.6 Å². The Labute approximate surface area is 206 Å². The summed E-state index contributed by atoms with van der Waals surface area (Å²) in [6, 6.07) is -4.76. The molecule has 0 spiro atoms. The number of aliphatic carboxylic acids is 2. The smallest absolute Gasteiger partial charge is 0.326 e. The van der Waals surface area contributed by atoms with Gasteiger partial charge in [-0.05, 0) is 38.6 Å². The average Bonchev–Trinajstić information content (AvgIpc) is 3.32. The Bertz CT molecular complexity index is 855. The van der Waals surface area contributed by atoms with Crippen molar-refractivity contribution in [3.05, 3.63) is 0 Å². The number of aliphatic imine (C=N–C) groups is 1. The van der Waals surface area contributed by atoms with Crippen molar-refractivity contribution in [2.75, 3.05) is 13.1 Å². The number of nitrogens with two attached hydrogens (primary N) is 3. The number of carboxylic acid groups (broad SMARTS) is 2. The van der Waals surface area contributed by atoms with E-state index in [2.05, 4.69) is 26.3 Å². The molecule has 4 amide bonds. The van der Waals surface area contributed by atoms with E-state index in [1.54, 1.807) is 0 Å². The van der Waals surface area contributed by atoms with Crippen LogP contribution in [-0.2, 0) is 28.8 Å². The zero-order valence-electron chi connectivity index (χ0n) is 19.7. The van der Waals surface area contributed by atoms with E-state index in [0.29, 0.717) is 13.0 Å². The molecule has 4 unspecified atom stereocenters. The van der Waals surface area contributed by atoms with Gasteiger partial charge in [-0.25, -0.2) is 4.79 Å². The first-order valence-corrected chi connectivity index (χ1v) is 11.3. The lowest BCUT2D eigenvalue weighted by molar-refractivity contribution is -0.143. The molecular formula is C20H34N8O8. The van der Waals surface area contributed by atoms with Crippen LogP contribution in [0.5, 0.6) is 0 Å². The summed E-state index contributed by atoms with van der Waals surface area (Å²) in [6.07, 6.45) is 0.0153. The summed E-state index contributed by atoms with van der Waals surface area (Å²) in [5.41, 5.74) is 15.8. The molecule has 1 fully saturated rings. The fourth-order valence-electron chi connectivity index (χ4n) is 3.43. The second-order valence-electron chi connectivity index (χ2n) is 8.22. The molecule has 0 aromatic rings. The fourth-order valence-corrected chi connectivity index (χ4v) is 3.43. The van der Waals surface area contributed by atoms with Crippen LogP contribution in [0.3, 0.4) is 0 Å². The third-order valence-corrected chi connectivity index (χ3v) is 5.25. The fraction of sp³-hybridized carbons (Fsp3) is 0.650. The van der Waals surface area contributed by atoms with E-state index in [1.807, 2.05) is 0 Å². The monoisotopic (exact) mass is 514 g/mol. The largest absolute Gasteiger partial charge is 0.481 e. The van der Waals surface area contributed by atoms with Crippen LogP contribution in [-0.4, -0.2) is 89.0 Å². The van der Waals surface area contributed by atoms with Gasteiger partial charge in [-0.3, -0.25) is 29.0 Å². The Morgan fingerprint density at radius 3 is 2.08 bits per heavy atom. The van der Waals surface area contributed by atoms with Gasteiger partial charge in [0.15, 0.2) is 5.96 Å². The van der Waals surface area contributed by atoms with Crippen molar-refractivity contribution >= 4 is 41.5 Å². The van der Waals surface area contributed by atoms with Gasteiger partial charge in [0.2, 0.25) is 23.6 Å². The summed E-state index contributed by atoms with van der Waals surface area (Å²) in [5, 5.41) is 28.1. The number of nitrogens with one attached hydrogen (secondary N) is 4.